The lowest BCUT2D eigenvalue weighted by molar-refractivity contribution is 0.421. The third-order valence-corrected chi connectivity index (χ3v) is 5.92. The molecule has 1 aliphatic heterocycles. The first-order chi connectivity index (χ1) is 10.3. The van der Waals surface area contributed by atoms with E-state index >= 15 is 0 Å². The fraction of sp³-hybridized carbons (Fsp3) is 0.571. The molecule has 8 heteroatoms. The van der Waals surface area contributed by atoms with Crippen molar-refractivity contribution < 1.29 is 8.42 Å². The molecule has 3 rings (SSSR count). The van der Waals surface area contributed by atoms with Crippen LogP contribution in [0.3, 0.4) is 0 Å². The molecule has 0 bridgehead atoms. The number of nitrogens with zero attached hydrogens (tertiary/aromatic N) is 4. The number of hydrogen-bond acceptors (Lipinski definition) is 4. The van der Waals surface area contributed by atoms with E-state index in [1.54, 1.807) is 25.6 Å². The standard InChI is InChI=1S/C14H21N5O2S/c1-9-7-19-8-12(5-6-13(19)15-9)17-22(20,21)14-10(2)16-18(4)11(14)3/h7,12,17H,5-6,8H2,1-4H3/t12-/m1/s1. The maximum Gasteiger partial charge on any atom is 0.244 e. The second kappa shape index (κ2) is 5.20. The average molecular weight is 323 g/mol. The van der Waals surface area contributed by atoms with Crippen LogP contribution >= 0.6 is 0 Å². The van der Waals surface area contributed by atoms with Crippen LogP contribution in [0.25, 0.3) is 0 Å². The highest BCUT2D eigenvalue weighted by Gasteiger charge is 2.29. The van der Waals surface area contributed by atoms with E-state index in [-0.39, 0.29) is 6.04 Å². The van der Waals surface area contributed by atoms with E-state index in [0.29, 0.717) is 22.8 Å². The van der Waals surface area contributed by atoms with Crippen LogP contribution in [-0.4, -0.2) is 33.8 Å². The van der Waals surface area contributed by atoms with E-state index in [1.165, 1.54) is 0 Å². The molecule has 0 amide bonds. The Labute approximate surface area is 130 Å². The average Bonchev–Trinajstić information content (AvgIpc) is 2.88. The van der Waals surface area contributed by atoms with Gasteiger partial charge in [-0.15, -0.1) is 0 Å². The summed E-state index contributed by atoms with van der Waals surface area (Å²) in [6.07, 6.45) is 3.51. The summed E-state index contributed by atoms with van der Waals surface area (Å²) in [5.74, 6) is 1.03. The summed E-state index contributed by atoms with van der Waals surface area (Å²) in [4.78, 5) is 4.74. The molecule has 0 fully saturated rings. The minimum absolute atomic E-state index is 0.120. The quantitative estimate of drug-likeness (QED) is 0.907. The van der Waals surface area contributed by atoms with Crippen molar-refractivity contribution in [2.45, 2.75) is 51.1 Å². The normalized spacial score (nSPS) is 18.5. The first-order valence-electron chi connectivity index (χ1n) is 7.33. The number of aryl methyl sites for hydroxylation is 4. The molecule has 120 valence electrons. The zero-order valence-corrected chi connectivity index (χ0v) is 14.1. The maximum absolute atomic E-state index is 12.7. The molecule has 22 heavy (non-hydrogen) atoms. The molecule has 2 aromatic rings. The molecule has 0 aromatic carbocycles. The Balaban J connectivity index is 1.84. The van der Waals surface area contributed by atoms with Crippen molar-refractivity contribution in [3.8, 4) is 0 Å². The van der Waals surface area contributed by atoms with Gasteiger partial charge in [-0.25, -0.2) is 18.1 Å². The van der Waals surface area contributed by atoms with Gasteiger partial charge < -0.3 is 4.57 Å². The van der Waals surface area contributed by atoms with Crippen LogP contribution in [0.1, 0.15) is 29.3 Å². The van der Waals surface area contributed by atoms with Gasteiger partial charge in [-0.3, -0.25) is 4.68 Å². The summed E-state index contributed by atoms with van der Waals surface area (Å²) in [5, 5.41) is 4.19. The van der Waals surface area contributed by atoms with Crippen LogP contribution in [0.2, 0.25) is 0 Å². The number of fused-ring (bicyclic) bond motifs is 1. The molecule has 0 saturated heterocycles. The lowest BCUT2D eigenvalue weighted by Gasteiger charge is -2.24. The molecule has 0 unspecified atom stereocenters. The van der Waals surface area contributed by atoms with Crippen LogP contribution < -0.4 is 4.72 Å². The van der Waals surface area contributed by atoms with E-state index in [0.717, 1.165) is 24.4 Å². The van der Waals surface area contributed by atoms with Crippen LogP contribution in [0, 0.1) is 20.8 Å². The highest BCUT2D eigenvalue weighted by atomic mass is 32.2. The van der Waals surface area contributed by atoms with Crippen molar-refractivity contribution in [3.63, 3.8) is 0 Å². The number of rotatable bonds is 3. The van der Waals surface area contributed by atoms with Gasteiger partial charge in [-0.1, -0.05) is 0 Å². The van der Waals surface area contributed by atoms with E-state index in [4.69, 9.17) is 0 Å². The van der Waals surface area contributed by atoms with Gasteiger partial charge in [0.25, 0.3) is 0 Å². The van der Waals surface area contributed by atoms with E-state index in [1.807, 2.05) is 17.7 Å². The maximum atomic E-state index is 12.7. The van der Waals surface area contributed by atoms with Crippen LogP contribution in [0.15, 0.2) is 11.1 Å². The summed E-state index contributed by atoms with van der Waals surface area (Å²) in [6.45, 7) is 6.06. The molecule has 2 aromatic heterocycles. The molecule has 1 atom stereocenters. The lowest BCUT2D eigenvalue weighted by atomic mass is 10.1. The zero-order chi connectivity index (χ0) is 16.1. The van der Waals surface area contributed by atoms with Crippen molar-refractivity contribution in [1.82, 2.24) is 24.1 Å². The summed E-state index contributed by atoms with van der Waals surface area (Å²) in [5.41, 5.74) is 2.15. The first-order valence-corrected chi connectivity index (χ1v) is 8.81. The van der Waals surface area contributed by atoms with Crippen LogP contribution in [-0.2, 0) is 30.0 Å². The fourth-order valence-corrected chi connectivity index (χ4v) is 4.80. The van der Waals surface area contributed by atoms with Gasteiger partial charge in [-0.05, 0) is 27.2 Å². The van der Waals surface area contributed by atoms with Crippen molar-refractivity contribution in [2.75, 3.05) is 0 Å². The van der Waals surface area contributed by atoms with Crippen molar-refractivity contribution in [1.29, 1.82) is 0 Å². The minimum Gasteiger partial charge on any atom is -0.333 e. The molecular formula is C14H21N5O2S. The smallest absolute Gasteiger partial charge is 0.244 e. The van der Waals surface area contributed by atoms with Crippen molar-refractivity contribution in [2.24, 2.45) is 7.05 Å². The summed E-state index contributed by atoms with van der Waals surface area (Å²) in [6, 6.07) is -0.120. The molecule has 1 aliphatic rings. The number of sulfonamides is 1. The van der Waals surface area contributed by atoms with E-state index in [9.17, 15) is 8.42 Å². The third-order valence-electron chi connectivity index (χ3n) is 4.15. The third kappa shape index (κ3) is 2.56. The molecule has 7 nitrogen and oxygen atoms in total. The Hall–Kier alpha value is -1.67. The highest BCUT2D eigenvalue weighted by Crippen LogP contribution is 2.21. The van der Waals surface area contributed by atoms with E-state index < -0.39 is 10.0 Å². The van der Waals surface area contributed by atoms with Gasteiger partial charge in [0, 0.05) is 32.3 Å². The summed E-state index contributed by atoms with van der Waals surface area (Å²) in [7, 11) is -1.81. The predicted molar refractivity (Wildman–Crippen MR) is 82.1 cm³/mol. The predicted octanol–water partition coefficient (Wildman–Crippen LogP) is 0.835. The summed E-state index contributed by atoms with van der Waals surface area (Å²) >= 11 is 0. The number of aromatic nitrogens is 4. The fourth-order valence-electron chi connectivity index (χ4n) is 3.10. The largest absolute Gasteiger partial charge is 0.333 e. The monoisotopic (exact) mass is 323 g/mol. The van der Waals surface area contributed by atoms with Crippen LogP contribution in [0.4, 0.5) is 0 Å². The van der Waals surface area contributed by atoms with Crippen molar-refractivity contribution >= 4 is 10.0 Å². The number of imidazole rings is 1. The Morgan fingerprint density at radius 3 is 2.68 bits per heavy atom. The topological polar surface area (TPSA) is 81.8 Å². The molecular weight excluding hydrogens is 302 g/mol. The SMILES string of the molecule is Cc1cn2c(n1)CC[C@@H](NS(=O)(=O)c1c(C)nn(C)c1C)C2. The lowest BCUT2D eigenvalue weighted by Crippen LogP contribution is -2.41. The Bertz CT molecular complexity index is 819. The van der Waals surface area contributed by atoms with Crippen LogP contribution in [0.5, 0.6) is 0 Å². The van der Waals surface area contributed by atoms with Gasteiger partial charge in [0.15, 0.2) is 0 Å². The minimum atomic E-state index is -3.56. The molecule has 0 radical (unpaired) electrons. The highest BCUT2D eigenvalue weighted by molar-refractivity contribution is 7.89. The molecule has 0 saturated carbocycles. The number of nitrogens with one attached hydrogen (secondary N) is 1. The van der Waals surface area contributed by atoms with Gasteiger partial charge >= 0.3 is 0 Å². The zero-order valence-electron chi connectivity index (χ0n) is 13.3. The van der Waals surface area contributed by atoms with Crippen molar-refractivity contribution in [3.05, 3.63) is 29.1 Å². The molecule has 1 N–H and O–H groups in total. The van der Waals surface area contributed by atoms with Gasteiger partial charge in [0.05, 0.1) is 17.1 Å². The van der Waals surface area contributed by atoms with Gasteiger partial charge in [0.2, 0.25) is 10.0 Å². The Morgan fingerprint density at radius 1 is 1.32 bits per heavy atom. The Morgan fingerprint density at radius 2 is 2.05 bits per heavy atom. The second-order valence-corrected chi connectivity index (χ2v) is 7.58. The first kappa shape index (κ1) is 15.2. The van der Waals surface area contributed by atoms with Gasteiger partial charge in [0.1, 0.15) is 10.7 Å². The molecule has 0 aliphatic carbocycles. The number of hydrogen-bond donors (Lipinski definition) is 1. The Kier molecular flexibility index (Phi) is 3.60. The van der Waals surface area contributed by atoms with Gasteiger partial charge in [-0.2, -0.15) is 5.10 Å². The molecule has 3 heterocycles. The molecule has 0 spiro atoms. The summed E-state index contributed by atoms with van der Waals surface area (Å²) < 4.78 is 31.8. The van der Waals surface area contributed by atoms with E-state index in [2.05, 4.69) is 14.8 Å². The second-order valence-electron chi connectivity index (χ2n) is 5.93.